The van der Waals surface area contributed by atoms with Crippen LogP contribution in [0.15, 0.2) is 24.3 Å². The Kier molecular flexibility index (Phi) is 2.45. The maximum Gasteiger partial charge on any atom is 0.174 e. The average Bonchev–Trinajstić information content (AvgIpc) is 2.67. The van der Waals surface area contributed by atoms with E-state index in [1.165, 1.54) is 4.80 Å². The number of hydrogen-bond donors (Lipinski definition) is 0. The molecule has 0 bridgehead atoms. The molecule has 0 unspecified atom stereocenters. The smallest absolute Gasteiger partial charge is 0.131 e. The summed E-state index contributed by atoms with van der Waals surface area (Å²) < 4.78 is 0. The Labute approximate surface area is 86.5 Å². The van der Waals surface area contributed by atoms with Crippen LogP contribution in [0.5, 0.6) is 0 Å². The van der Waals surface area contributed by atoms with Gasteiger partial charge in [-0.05, 0) is 29.5 Å². The largest absolute Gasteiger partial charge is 0.174 e. The number of aryl methyl sites for hydroxylation is 1. The summed E-state index contributed by atoms with van der Waals surface area (Å²) in [5.74, 6) is 0.736. The molecule has 1 aromatic carbocycles. The number of aromatic nitrogens is 4. The fourth-order valence-electron chi connectivity index (χ4n) is 1.07. The van der Waals surface area contributed by atoms with E-state index in [-0.39, 0.29) is 0 Å². The van der Waals surface area contributed by atoms with Crippen molar-refractivity contribution < 1.29 is 0 Å². The third-order valence-electron chi connectivity index (χ3n) is 1.83. The molecule has 0 radical (unpaired) electrons. The second-order valence-electron chi connectivity index (χ2n) is 2.83. The number of benzene rings is 1. The molecule has 0 aliphatic carbocycles. The Bertz CT molecular complexity index is 421. The molecule has 1 heterocycles. The summed E-state index contributed by atoms with van der Waals surface area (Å²) in [4.78, 5) is 1.50. The van der Waals surface area contributed by atoms with Crippen LogP contribution in [0.3, 0.4) is 0 Å². The molecule has 1 aromatic heterocycles. The maximum absolute atomic E-state index is 5.77. The van der Waals surface area contributed by atoms with Crippen molar-refractivity contribution in [2.24, 2.45) is 0 Å². The van der Waals surface area contributed by atoms with Crippen LogP contribution in [0, 0.1) is 0 Å². The van der Waals surface area contributed by atoms with Crippen LogP contribution in [0.2, 0.25) is 5.02 Å². The zero-order valence-corrected chi connectivity index (χ0v) is 8.44. The molecular formula is C9H9ClN4. The molecule has 14 heavy (non-hydrogen) atoms. The lowest BCUT2D eigenvalue weighted by Crippen LogP contribution is -1.98. The highest BCUT2D eigenvalue weighted by molar-refractivity contribution is 6.30. The summed E-state index contributed by atoms with van der Waals surface area (Å²) in [5.41, 5.74) is 0.863. The van der Waals surface area contributed by atoms with Crippen LogP contribution in [0.1, 0.15) is 12.7 Å². The molecular weight excluding hydrogens is 200 g/mol. The highest BCUT2D eigenvalue weighted by Gasteiger charge is 2.01. The second-order valence-corrected chi connectivity index (χ2v) is 3.26. The molecule has 4 nitrogen and oxygen atoms in total. The van der Waals surface area contributed by atoms with Gasteiger partial charge in [-0.2, -0.15) is 0 Å². The van der Waals surface area contributed by atoms with Gasteiger partial charge >= 0.3 is 0 Å². The van der Waals surface area contributed by atoms with E-state index < -0.39 is 0 Å². The molecule has 0 atom stereocenters. The first-order valence-corrected chi connectivity index (χ1v) is 4.72. The Morgan fingerprint density at radius 3 is 2.57 bits per heavy atom. The fourth-order valence-corrected chi connectivity index (χ4v) is 1.19. The molecule has 0 aliphatic heterocycles. The highest BCUT2D eigenvalue weighted by atomic mass is 35.5. The Hall–Kier alpha value is -1.42. The lowest BCUT2D eigenvalue weighted by molar-refractivity contribution is 0.718. The van der Waals surface area contributed by atoms with E-state index >= 15 is 0 Å². The van der Waals surface area contributed by atoms with E-state index in [1.54, 1.807) is 12.1 Å². The van der Waals surface area contributed by atoms with Crippen LogP contribution < -0.4 is 0 Å². The number of halogens is 1. The van der Waals surface area contributed by atoms with Gasteiger partial charge in [-0.15, -0.1) is 15.0 Å². The van der Waals surface area contributed by atoms with E-state index in [4.69, 9.17) is 11.6 Å². The van der Waals surface area contributed by atoms with Crippen molar-refractivity contribution in [1.82, 2.24) is 20.2 Å². The van der Waals surface area contributed by atoms with E-state index in [2.05, 4.69) is 15.4 Å². The van der Waals surface area contributed by atoms with Gasteiger partial charge in [0.25, 0.3) is 0 Å². The van der Waals surface area contributed by atoms with Crippen LogP contribution >= 0.6 is 11.6 Å². The van der Waals surface area contributed by atoms with Gasteiger partial charge in [0.1, 0.15) is 0 Å². The first-order chi connectivity index (χ1) is 6.79. The first kappa shape index (κ1) is 9.15. The molecule has 0 saturated heterocycles. The van der Waals surface area contributed by atoms with E-state index in [0.717, 1.165) is 17.9 Å². The summed E-state index contributed by atoms with van der Waals surface area (Å²) in [5, 5.41) is 12.7. The quantitative estimate of drug-likeness (QED) is 0.757. The summed E-state index contributed by atoms with van der Waals surface area (Å²) in [6.45, 7) is 1.99. The molecule has 0 N–H and O–H groups in total. The predicted octanol–water partition coefficient (Wildman–Crippen LogP) is 1.88. The summed E-state index contributed by atoms with van der Waals surface area (Å²) in [6.07, 6.45) is 0.785. The van der Waals surface area contributed by atoms with Crippen LogP contribution in [-0.4, -0.2) is 20.2 Å². The molecule has 0 amide bonds. The minimum atomic E-state index is 0.699. The summed E-state index contributed by atoms with van der Waals surface area (Å²) in [6, 6.07) is 7.30. The number of tetrazole rings is 1. The van der Waals surface area contributed by atoms with E-state index in [1.807, 2.05) is 19.1 Å². The molecule has 2 aromatic rings. The van der Waals surface area contributed by atoms with Crippen molar-refractivity contribution in [1.29, 1.82) is 0 Å². The zero-order valence-electron chi connectivity index (χ0n) is 7.68. The van der Waals surface area contributed by atoms with Crippen molar-refractivity contribution in [2.45, 2.75) is 13.3 Å². The van der Waals surface area contributed by atoms with Crippen molar-refractivity contribution in [3.8, 4) is 5.69 Å². The van der Waals surface area contributed by atoms with Crippen molar-refractivity contribution in [3.05, 3.63) is 35.1 Å². The molecule has 72 valence electrons. The normalized spacial score (nSPS) is 10.4. The molecule has 2 rings (SSSR count). The lowest BCUT2D eigenvalue weighted by atomic mass is 10.3. The fraction of sp³-hybridized carbons (Fsp3) is 0.222. The number of hydrogen-bond acceptors (Lipinski definition) is 3. The monoisotopic (exact) mass is 208 g/mol. The lowest BCUT2D eigenvalue weighted by Gasteiger charge is -1.96. The third kappa shape index (κ3) is 1.75. The topological polar surface area (TPSA) is 43.6 Å². The third-order valence-corrected chi connectivity index (χ3v) is 2.08. The molecule has 5 heteroatoms. The first-order valence-electron chi connectivity index (χ1n) is 4.34. The van der Waals surface area contributed by atoms with Crippen LogP contribution in [-0.2, 0) is 6.42 Å². The van der Waals surface area contributed by atoms with Gasteiger partial charge in [0.2, 0.25) is 0 Å². The van der Waals surface area contributed by atoms with Gasteiger partial charge in [-0.25, -0.2) is 0 Å². The second kappa shape index (κ2) is 3.75. The van der Waals surface area contributed by atoms with Crippen LogP contribution in [0.4, 0.5) is 0 Å². The van der Waals surface area contributed by atoms with Crippen molar-refractivity contribution in [3.63, 3.8) is 0 Å². The molecule has 0 saturated carbocycles. The minimum Gasteiger partial charge on any atom is -0.131 e. The predicted molar refractivity (Wildman–Crippen MR) is 53.5 cm³/mol. The van der Waals surface area contributed by atoms with Crippen molar-refractivity contribution >= 4 is 11.6 Å². The van der Waals surface area contributed by atoms with Crippen LogP contribution in [0.25, 0.3) is 5.69 Å². The van der Waals surface area contributed by atoms with Gasteiger partial charge < -0.3 is 0 Å². The Morgan fingerprint density at radius 1 is 1.29 bits per heavy atom. The van der Waals surface area contributed by atoms with Gasteiger partial charge in [0, 0.05) is 11.4 Å². The van der Waals surface area contributed by atoms with Gasteiger partial charge in [-0.3, -0.25) is 0 Å². The Morgan fingerprint density at radius 2 is 2.00 bits per heavy atom. The molecule has 0 aliphatic rings. The number of rotatable bonds is 2. The number of nitrogens with zero attached hydrogens (tertiary/aromatic N) is 4. The van der Waals surface area contributed by atoms with Crippen molar-refractivity contribution in [2.75, 3.05) is 0 Å². The summed E-state index contributed by atoms with van der Waals surface area (Å²) in [7, 11) is 0. The average molecular weight is 209 g/mol. The SMILES string of the molecule is CCc1nnn(-c2ccc(Cl)cc2)n1. The highest BCUT2D eigenvalue weighted by Crippen LogP contribution is 2.11. The maximum atomic E-state index is 5.77. The van der Waals surface area contributed by atoms with Gasteiger partial charge in [-0.1, -0.05) is 18.5 Å². The zero-order chi connectivity index (χ0) is 9.97. The minimum absolute atomic E-state index is 0.699. The van der Waals surface area contributed by atoms with E-state index in [0.29, 0.717) is 5.02 Å². The molecule has 0 fully saturated rings. The standard InChI is InChI=1S/C9H9ClN4/c1-2-9-11-13-14(12-9)8-5-3-7(10)4-6-8/h3-6H,2H2,1H3. The molecule has 0 spiro atoms. The van der Waals surface area contributed by atoms with Gasteiger partial charge in [0.15, 0.2) is 5.82 Å². The summed E-state index contributed by atoms with van der Waals surface area (Å²) >= 11 is 5.77. The van der Waals surface area contributed by atoms with Gasteiger partial charge in [0.05, 0.1) is 5.69 Å². The van der Waals surface area contributed by atoms with E-state index in [9.17, 15) is 0 Å². The Balaban J connectivity index is 2.34.